The first-order valence-corrected chi connectivity index (χ1v) is 12.3. The quantitative estimate of drug-likeness (QED) is 0.517. The minimum Gasteiger partial charge on any atom is -0.488 e. The van der Waals surface area contributed by atoms with Crippen LogP contribution >= 0.6 is 0 Å². The summed E-state index contributed by atoms with van der Waals surface area (Å²) < 4.78 is 40.7. The zero-order chi connectivity index (χ0) is 23.6. The highest BCUT2D eigenvalue weighted by Crippen LogP contribution is 2.33. The van der Waals surface area contributed by atoms with Crippen molar-refractivity contribution in [1.82, 2.24) is 9.97 Å². The lowest BCUT2D eigenvalue weighted by Crippen LogP contribution is -2.16. The summed E-state index contributed by atoms with van der Waals surface area (Å²) in [5.41, 5.74) is 2.35. The standard InChI is InChI=1S/C23H25N3O6S/c1-14-11-25-23(31-14)21-6-5-20(26-21)16-8-18(30-15(2)13-27)10-19(9-16)32-17-4-7-22(24-12-17)33(3,28)29/h4-10,12,14-15,26-27H,11,13H2,1-3H3/t14-,15-/m0/s1. The molecular weight excluding hydrogens is 446 g/mol. The van der Waals surface area contributed by atoms with Crippen molar-refractivity contribution in [2.45, 2.75) is 31.1 Å². The topological polar surface area (TPSA) is 123 Å². The van der Waals surface area contributed by atoms with Crippen molar-refractivity contribution in [2.75, 3.05) is 19.4 Å². The number of aliphatic hydroxyl groups is 1. The zero-order valence-electron chi connectivity index (χ0n) is 18.5. The largest absolute Gasteiger partial charge is 0.488 e. The molecular formula is C23H25N3O6S. The normalized spacial score (nSPS) is 16.7. The van der Waals surface area contributed by atoms with E-state index in [1.807, 2.05) is 31.2 Å². The minimum absolute atomic E-state index is 0.0327. The number of aromatic nitrogens is 2. The Hall–Kier alpha value is -3.37. The molecule has 3 aromatic rings. The molecule has 1 aliphatic heterocycles. The first-order valence-electron chi connectivity index (χ1n) is 10.4. The smallest absolute Gasteiger partial charge is 0.233 e. The van der Waals surface area contributed by atoms with Gasteiger partial charge in [0.2, 0.25) is 5.90 Å². The summed E-state index contributed by atoms with van der Waals surface area (Å²) in [6.07, 6.45) is 2.08. The Labute approximate surface area is 192 Å². The SMILES string of the molecule is C[C@H]1CN=C(c2ccc(-c3cc(Oc4ccc(S(C)(=O)=O)nc4)cc(O[C@@H](C)CO)c3)[nH]2)O1. The molecule has 2 atom stereocenters. The second-order valence-corrected chi connectivity index (χ2v) is 9.83. The number of aliphatic hydroxyl groups excluding tert-OH is 1. The third kappa shape index (κ3) is 5.52. The van der Waals surface area contributed by atoms with E-state index < -0.39 is 15.9 Å². The molecule has 0 fully saturated rings. The van der Waals surface area contributed by atoms with E-state index in [0.29, 0.717) is 29.7 Å². The van der Waals surface area contributed by atoms with Crippen LogP contribution in [0.5, 0.6) is 17.2 Å². The van der Waals surface area contributed by atoms with Gasteiger partial charge in [0.1, 0.15) is 35.2 Å². The van der Waals surface area contributed by atoms with Crippen molar-refractivity contribution in [3.05, 3.63) is 54.4 Å². The molecule has 0 unspecified atom stereocenters. The highest BCUT2D eigenvalue weighted by Gasteiger charge is 2.19. The summed E-state index contributed by atoms with van der Waals surface area (Å²) in [5.74, 6) is 1.91. The van der Waals surface area contributed by atoms with Crippen LogP contribution in [-0.2, 0) is 14.6 Å². The Morgan fingerprint density at radius 1 is 1.15 bits per heavy atom. The van der Waals surface area contributed by atoms with Gasteiger partial charge in [0, 0.05) is 23.6 Å². The van der Waals surface area contributed by atoms with E-state index in [0.717, 1.165) is 23.2 Å². The van der Waals surface area contributed by atoms with Crippen molar-refractivity contribution in [3.8, 4) is 28.5 Å². The van der Waals surface area contributed by atoms with Crippen LogP contribution in [0.3, 0.4) is 0 Å². The van der Waals surface area contributed by atoms with Gasteiger partial charge >= 0.3 is 0 Å². The maximum atomic E-state index is 11.6. The van der Waals surface area contributed by atoms with E-state index in [1.165, 1.54) is 18.3 Å². The number of rotatable bonds is 8. The molecule has 9 nitrogen and oxygen atoms in total. The summed E-state index contributed by atoms with van der Waals surface area (Å²) in [6, 6.07) is 12.1. The third-order valence-electron chi connectivity index (χ3n) is 4.83. The Balaban J connectivity index is 1.64. The Morgan fingerprint density at radius 3 is 2.55 bits per heavy atom. The number of nitrogens with one attached hydrogen (secondary N) is 1. The van der Waals surface area contributed by atoms with Gasteiger partial charge in [-0.25, -0.2) is 18.4 Å². The zero-order valence-corrected chi connectivity index (χ0v) is 19.3. The van der Waals surface area contributed by atoms with Gasteiger partial charge in [0.15, 0.2) is 14.9 Å². The number of hydrogen-bond donors (Lipinski definition) is 2. The number of aliphatic imine (C=N–C) groups is 1. The van der Waals surface area contributed by atoms with Crippen LogP contribution in [0.2, 0.25) is 0 Å². The monoisotopic (exact) mass is 471 g/mol. The summed E-state index contributed by atoms with van der Waals surface area (Å²) in [7, 11) is -3.40. The predicted octanol–water partition coefficient (Wildman–Crippen LogP) is 3.20. The van der Waals surface area contributed by atoms with Crippen LogP contribution in [0, 0.1) is 0 Å². The highest BCUT2D eigenvalue weighted by atomic mass is 32.2. The third-order valence-corrected chi connectivity index (χ3v) is 5.83. The van der Waals surface area contributed by atoms with Crippen LogP contribution in [0.25, 0.3) is 11.3 Å². The molecule has 3 heterocycles. The van der Waals surface area contributed by atoms with E-state index in [4.69, 9.17) is 14.2 Å². The number of aromatic amines is 1. The molecule has 2 aromatic heterocycles. The van der Waals surface area contributed by atoms with E-state index in [-0.39, 0.29) is 17.7 Å². The van der Waals surface area contributed by atoms with Gasteiger partial charge in [-0.2, -0.15) is 0 Å². The predicted molar refractivity (Wildman–Crippen MR) is 123 cm³/mol. The first-order chi connectivity index (χ1) is 15.7. The molecule has 0 bridgehead atoms. The van der Waals surface area contributed by atoms with Crippen LogP contribution in [0.4, 0.5) is 0 Å². The fraction of sp³-hybridized carbons (Fsp3) is 0.304. The molecule has 0 saturated carbocycles. The van der Waals surface area contributed by atoms with Gasteiger partial charge < -0.3 is 24.3 Å². The van der Waals surface area contributed by atoms with Crippen molar-refractivity contribution >= 4 is 15.7 Å². The van der Waals surface area contributed by atoms with Crippen molar-refractivity contribution < 1.29 is 27.7 Å². The van der Waals surface area contributed by atoms with Crippen LogP contribution < -0.4 is 9.47 Å². The van der Waals surface area contributed by atoms with Gasteiger partial charge in [-0.1, -0.05) is 0 Å². The Bertz CT molecular complexity index is 1270. The van der Waals surface area contributed by atoms with Crippen LogP contribution in [-0.4, -0.2) is 61.0 Å². The number of pyridine rings is 1. The molecule has 33 heavy (non-hydrogen) atoms. The molecule has 174 valence electrons. The van der Waals surface area contributed by atoms with E-state index in [1.54, 1.807) is 13.0 Å². The summed E-state index contributed by atoms with van der Waals surface area (Å²) >= 11 is 0. The maximum absolute atomic E-state index is 11.6. The average molecular weight is 472 g/mol. The number of benzene rings is 1. The van der Waals surface area contributed by atoms with E-state index in [2.05, 4.69) is 15.0 Å². The number of nitrogens with zero attached hydrogens (tertiary/aromatic N) is 2. The van der Waals surface area contributed by atoms with Gasteiger partial charge in [0.05, 0.1) is 19.3 Å². The van der Waals surface area contributed by atoms with Crippen molar-refractivity contribution in [3.63, 3.8) is 0 Å². The first kappa shape index (κ1) is 22.8. The lowest BCUT2D eigenvalue weighted by molar-refractivity contribution is 0.129. The number of ether oxygens (including phenoxy) is 3. The van der Waals surface area contributed by atoms with Crippen LogP contribution in [0.15, 0.2) is 58.7 Å². The second kappa shape index (κ2) is 9.24. The van der Waals surface area contributed by atoms with Crippen molar-refractivity contribution in [2.24, 2.45) is 4.99 Å². The average Bonchev–Trinajstić information content (AvgIpc) is 3.42. The van der Waals surface area contributed by atoms with Gasteiger partial charge in [0.25, 0.3) is 0 Å². The fourth-order valence-electron chi connectivity index (χ4n) is 3.22. The maximum Gasteiger partial charge on any atom is 0.233 e. The second-order valence-electron chi connectivity index (χ2n) is 7.87. The van der Waals surface area contributed by atoms with Gasteiger partial charge in [-0.15, -0.1) is 0 Å². The molecule has 10 heteroatoms. The van der Waals surface area contributed by atoms with E-state index in [9.17, 15) is 13.5 Å². The molecule has 1 aliphatic rings. The summed E-state index contributed by atoms with van der Waals surface area (Å²) in [4.78, 5) is 11.7. The number of H-pyrrole nitrogens is 1. The molecule has 0 saturated heterocycles. The molecule has 2 N–H and O–H groups in total. The van der Waals surface area contributed by atoms with Gasteiger partial charge in [-0.05, 0) is 50.2 Å². The Kier molecular flexibility index (Phi) is 6.39. The van der Waals surface area contributed by atoms with E-state index >= 15 is 0 Å². The van der Waals surface area contributed by atoms with Gasteiger partial charge in [-0.3, -0.25) is 0 Å². The summed E-state index contributed by atoms with van der Waals surface area (Å²) in [5, 5.41) is 9.35. The minimum atomic E-state index is -3.40. The molecule has 0 aliphatic carbocycles. The number of hydrogen-bond acceptors (Lipinski definition) is 8. The molecule has 0 amide bonds. The van der Waals surface area contributed by atoms with Crippen molar-refractivity contribution in [1.29, 1.82) is 0 Å². The molecule has 0 radical (unpaired) electrons. The fourth-order valence-corrected chi connectivity index (χ4v) is 3.78. The lowest BCUT2D eigenvalue weighted by atomic mass is 10.1. The lowest BCUT2D eigenvalue weighted by Gasteiger charge is -2.15. The highest BCUT2D eigenvalue weighted by molar-refractivity contribution is 7.90. The molecule has 4 rings (SSSR count). The van der Waals surface area contributed by atoms with Crippen LogP contribution in [0.1, 0.15) is 19.5 Å². The molecule has 0 spiro atoms. The Morgan fingerprint density at radius 2 is 1.91 bits per heavy atom. The number of sulfone groups is 1. The molecule has 1 aromatic carbocycles. The summed E-state index contributed by atoms with van der Waals surface area (Å²) in [6.45, 7) is 4.20.